The summed E-state index contributed by atoms with van der Waals surface area (Å²) in [4.78, 5) is 9.34. The summed E-state index contributed by atoms with van der Waals surface area (Å²) in [5.74, 6) is -0.369. The third kappa shape index (κ3) is 4.91. The maximum atomic E-state index is 13.7. The third-order valence-corrected chi connectivity index (χ3v) is 7.73. The van der Waals surface area contributed by atoms with E-state index in [0.717, 1.165) is 36.6 Å². The predicted octanol–water partition coefficient (Wildman–Crippen LogP) is 3.43. The summed E-state index contributed by atoms with van der Waals surface area (Å²) in [6, 6.07) is 3.41. The zero-order valence-corrected chi connectivity index (χ0v) is 21.0. The first-order valence-electron chi connectivity index (χ1n) is 12.4. The molecule has 3 N–H and O–H groups in total. The molecule has 0 aliphatic heterocycles. The van der Waals surface area contributed by atoms with Gasteiger partial charge in [0, 0.05) is 30.7 Å². The first kappa shape index (κ1) is 25.2. The molecule has 3 aromatic rings. The lowest BCUT2D eigenvalue weighted by Crippen LogP contribution is -2.33. The highest BCUT2D eigenvalue weighted by atomic mass is 32.2. The Hall–Kier alpha value is -2.41. The van der Waals surface area contributed by atoms with Crippen molar-refractivity contribution in [3.8, 4) is 0 Å². The fourth-order valence-corrected chi connectivity index (χ4v) is 5.37. The zero-order chi connectivity index (χ0) is 25.4. The predicted molar refractivity (Wildman–Crippen MR) is 131 cm³/mol. The van der Waals surface area contributed by atoms with E-state index in [2.05, 4.69) is 32.5 Å². The maximum Gasteiger partial charge on any atom is 0.191 e. The molecule has 2 heterocycles. The van der Waals surface area contributed by atoms with Crippen molar-refractivity contribution in [1.82, 2.24) is 25.0 Å². The Labute approximate surface area is 211 Å². The molecule has 5 rings (SSSR count). The highest BCUT2D eigenvalue weighted by Gasteiger charge is 2.45. The van der Waals surface area contributed by atoms with Crippen LogP contribution in [0.15, 0.2) is 23.4 Å². The minimum absolute atomic E-state index is 0.0205. The van der Waals surface area contributed by atoms with Crippen LogP contribution < -0.4 is 5.32 Å². The van der Waals surface area contributed by atoms with Crippen LogP contribution in [-0.4, -0.2) is 71.9 Å². The van der Waals surface area contributed by atoms with E-state index < -0.39 is 36.0 Å². The Bertz CT molecular complexity index is 1230. The van der Waals surface area contributed by atoms with E-state index in [1.807, 2.05) is 6.92 Å². The second-order valence-electron chi connectivity index (χ2n) is 9.37. The Morgan fingerprint density at radius 2 is 1.94 bits per heavy atom. The molecule has 0 saturated heterocycles. The molecule has 2 saturated carbocycles. The number of hydrogen-bond acceptors (Lipinski definition) is 9. The standard InChI is InChI=1S/C24H30F2N6O3S/c1-3-7-35-18-11-17(20(33)21(18)34)32-23-19(30-31-32)22(28-24(29-23)36-8-4-2)27-16-10-13(16)12-5-6-14(25)15(26)9-12/h5-6,9,13,16-18,20-21,33-34H,3-4,7-8,10-11H2,1-2H3,(H,27,28,29)/t13-,16+,17+,18-,20-,21+/m0/s1. The first-order chi connectivity index (χ1) is 17.4. The van der Waals surface area contributed by atoms with Gasteiger partial charge in [-0.15, -0.1) is 5.10 Å². The van der Waals surface area contributed by atoms with Gasteiger partial charge in [-0.05, 0) is 37.0 Å². The van der Waals surface area contributed by atoms with Gasteiger partial charge in [0.15, 0.2) is 33.8 Å². The Kier molecular flexibility index (Phi) is 7.38. The SMILES string of the molecule is CCCO[C@H]1C[C@@H](n2nnc3c(N[C@@H]4C[C@H]4c4ccc(F)c(F)c4)nc(SCCC)nc32)[C@H](O)[C@@H]1O. The summed E-state index contributed by atoms with van der Waals surface area (Å²) in [5.41, 5.74) is 1.64. The molecule has 9 nitrogen and oxygen atoms in total. The lowest BCUT2D eigenvalue weighted by molar-refractivity contribution is -0.0564. The Morgan fingerprint density at radius 3 is 2.69 bits per heavy atom. The molecule has 0 radical (unpaired) electrons. The number of fused-ring (bicyclic) bond motifs is 1. The van der Waals surface area contributed by atoms with Gasteiger partial charge in [-0.2, -0.15) is 0 Å². The van der Waals surface area contributed by atoms with E-state index in [4.69, 9.17) is 4.74 Å². The van der Waals surface area contributed by atoms with Gasteiger partial charge in [-0.25, -0.2) is 23.4 Å². The summed E-state index contributed by atoms with van der Waals surface area (Å²) < 4.78 is 34.4. The molecule has 0 unspecified atom stereocenters. The van der Waals surface area contributed by atoms with Crippen molar-refractivity contribution in [1.29, 1.82) is 0 Å². The molecule has 194 valence electrons. The van der Waals surface area contributed by atoms with Crippen LogP contribution in [0.5, 0.6) is 0 Å². The van der Waals surface area contributed by atoms with E-state index in [-0.39, 0.29) is 12.0 Å². The van der Waals surface area contributed by atoms with Gasteiger partial charge in [0.05, 0.1) is 12.1 Å². The van der Waals surface area contributed by atoms with Crippen molar-refractivity contribution >= 4 is 28.7 Å². The van der Waals surface area contributed by atoms with Gasteiger partial charge in [0.2, 0.25) is 0 Å². The number of benzene rings is 1. The largest absolute Gasteiger partial charge is 0.388 e. The highest BCUT2D eigenvalue weighted by Crippen LogP contribution is 2.44. The number of halogens is 2. The Balaban J connectivity index is 1.43. The highest BCUT2D eigenvalue weighted by molar-refractivity contribution is 7.99. The average molecular weight is 521 g/mol. The summed E-state index contributed by atoms with van der Waals surface area (Å²) in [5, 5.41) is 33.8. The molecule has 2 aliphatic carbocycles. The Morgan fingerprint density at radius 1 is 1.11 bits per heavy atom. The summed E-state index contributed by atoms with van der Waals surface area (Å²) >= 11 is 1.51. The molecular formula is C24H30F2N6O3S. The molecule has 12 heteroatoms. The van der Waals surface area contributed by atoms with E-state index in [1.54, 1.807) is 10.7 Å². The average Bonchev–Trinajstić information content (AvgIpc) is 3.41. The monoisotopic (exact) mass is 520 g/mol. The van der Waals surface area contributed by atoms with Crippen LogP contribution in [0, 0.1) is 11.6 Å². The smallest absolute Gasteiger partial charge is 0.191 e. The minimum atomic E-state index is -1.07. The molecule has 0 spiro atoms. The maximum absolute atomic E-state index is 13.7. The zero-order valence-electron chi connectivity index (χ0n) is 20.1. The number of aliphatic hydroxyl groups excluding tert-OH is 2. The topological polar surface area (TPSA) is 118 Å². The van der Waals surface area contributed by atoms with Crippen molar-refractivity contribution in [3.05, 3.63) is 35.4 Å². The molecular weight excluding hydrogens is 490 g/mol. The number of nitrogens with zero attached hydrogens (tertiary/aromatic N) is 5. The lowest BCUT2D eigenvalue weighted by Gasteiger charge is -2.17. The number of hydrogen-bond donors (Lipinski definition) is 3. The molecule has 6 atom stereocenters. The van der Waals surface area contributed by atoms with Crippen molar-refractivity contribution in [2.75, 3.05) is 17.7 Å². The summed E-state index contributed by atoms with van der Waals surface area (Å²) in [6.45, 7) is 4.55. The van der Waals surface area contributed by atoms with Crippen LogP contribution in [0.1, 0.15) is 57.1 Å². The van der Waals surface area contributed by atoms with Crippen molar-refractivity contribution in [2.45, 2.75) is 81.0 Å². The number of thioether (sulfide) groups is 1. The van der Waals surface area contributed by atoms with Crippen LogP contribution >= 0.6 is 11.8 Å². The first-order valence-corrected chi connectivity index (χ1v) is 13.3. The lowest BCUT2D eigenvalue weighted by atomic mass is 10.1. The van der Waals surface area contributed by atoms with Gasteiger partial charge >= 0.3 is 0 Å². The molecule has 2 aromatic heterocycles. The van der Waals surface area contributed by atoms with Crippen LogP contribution in [0.4, 0.5) is 14.6 Å². The van der Waals surface area contributed by atoms with Gasteiger partial charge in [-0.3, -0.25) is 0 Å². The van der Waals surface area contributed by atoms with Gasteiger partial charge in [-0.1, -0.05) is 36.9 Å². The van der Waals surface area contributed by atoms with E-state index in [0.29, 0.717) is 35.2 Å². The van der Waals surface area contributed by atoms with Crippen LogP contribution in [-0.2, 0) is 4.74 Å². The molecule has 2 fully saturated rings. The quantitative estimate of drug-likeness (QED) is 0.273. The normalized spacial score (nSPS) is 27.6. The van der Waals surface area contributed by atoms with E-state index >= 15 is 0 Å². The van der Waals surface area contributed by atoms with E-state index in [1.165, 1.54) is 17.8 Å². The molecule has 2 aliphatic rings. The van der Waals surface area contributed by atoms with Gasteiger partial charge in [0.1, 0.15) is 12.2 Å². The number of ether oxygens (including phenoxy) is 1. The van der Waals surface area contributed by atoms with Gasteiger partial charge < -0.3 is 20.3 Å². The number of rotatable bonds is 10. The third-order valence-electron chi connectivity index (χ3n) is 6.67. The second-order valence-corrected chi connectivity index (χ2v) is 10.4. The molecule has 0 amide bonds. The van der Waals surface area contributed by atoms with Crippen molar-refractivity contribution in [2.24, 2.45) is 0 Å². The summed E-state index contributed by atoms with van der Waals surface area (Å²) in [6.07, 6.45) is 0.271. The second kappa shape index (κ2) is 10.5. The fraction of sp³-hybridized carbons (Fsp3) is 0.583. The van der Waals surface area contributed by atoms with Crippen LogP contribution in [0.3, 0.4) is 0 Å². The molecule has 1 aromatic carbocycles. The van der Waals surface area contributed by atoms with Crippen LogP contribution in [0.25, 0.3) is 11.2 Å². The van der Waals surface area contributed by atoms with Crippen molar-refractivity contribution in [3.63, 3.8) is 0 Å². The number of aromatic nitrogens is 5. The fourth-order valence-electron chi connectivity index (χ4n) is 4.68. The number of aliphatic hydroxyl groups is 2. The van der Waals surface area contributed by atoms with E-state index in [9.17, 15) is 19.0 Å². The minimum Gasteiger partial charge on any atom is -0.388 e. The van der Waals surface area contributed by atoms with Gasteiger partial charge in [0.25, 0.3) is 0 Å². The number of anilines is 1. The number of nitrogens with one attached hydrogen (secondary N) is 1. The molecule has 0 bridgehead atoms. The van der Waals surface area contributed by atoms with Crippen molar-refractivity contribution < 1.29 is 23.7 Å². The molecule has 36 heavy (non-hydrogen) atoms. The summed E-state index contributed by atoms with van der Waals surface area (Å²) in [7, 11) is 0. The van der Waals surface area contributed by atoms with Crippen LogP contribution in [0.2, 0.25) is 0 Å².